The first kappa shape index (κ1) is 9.71. The van der Waals surface area contributed by atoms with Crippen molar-refractivity contribution in [1.82, 2.24) is 9.97 Å². The molecule has 0 aliphatic heterocycles. The maximum atomic E-state index is 5.72. The lowest BCUT2D eigenvalue weighted by Gasteiger charge is -2.19. The molecule has 4 heteroatoms. The Morgan fingerprint density at radius 2 is 2.07 bits per heavy atom. The first-order valence-corrected chi connectivity index (χ1v) is 4.85. The zero-order valence-electron chi connectivity index (χ0n) is 8.55. The summed E-state index contributed by atoms with van der Waals surface area (Å²) < 4.78 is 5.65. The van der Waals surface area contributed by atoms with E-state index in [1.807, 2.05) is 12.2 Å². The molecule has 1 aliphatic rings. The summed E-state index contributed by atoms with van der Waals surface area (Å²) in [4.78, 5) is 7.77. The Labute approximate surface area is 88.5 Å². The highest BCUT2D eigenvalue weighted by molar-refractivity contribution is 5.24. The summed E-state index contributed by atoms with van der Waals surface area (Å²) in [6.07, 6.45) is 9.36. The van der Waals surface area contributed by atoms with Gasteiger partial charge in [0.05, 0.1) is 12.4 Å². The standard InChI is InChI=1S/C11H13N3O/c1-8-4-9(12)2-3-11(8)15-10-5-13-7-14-6-10/h2-3,5-8H,4,12H2,1H3. The van der Waals surface area contributed by atoms with E-state index < -0.39 is 0 Å². The minimum atomic E-state index is 0.301. The topological polar surface area (TPSA) is 61.0 Å². The van der Waals surface area contributed by atoms with E-state index in [-0.39, 0.29) is 0 Å². The number of rotatable bonds is 2. The van der Waals surface area contributed by atoms with Crippen molar-refractivity contribution >= 4 is 0 Å². The van der Waals surface area contributed by atoms with Crippen LogP contribution in [-0.2, 0) is 0 Å². The molecule has 1 aliphatic carbocycles. The summed E-state index contributed by atoms with van der Waals surface area (Å²) in [5.74, 6) is 1.86. The molecule has 0 bridgehead atoms. The molecule has 2 N–H and O–H groups in total. The summed E-state index contributed by atoms with van der Waals surface area (Å²) >= 11 is 0. The zero-order valence-corrected chi connectivity index (χ0v) is 8.55. The van der Waals surface area contributed by atoms with Gasteiger partial charge in [-0.15, -0.1) is 0 Å². The van der Waals surface area contributed by atoms with Crippen LogP contribution in [0.5, 0.6) is 5.75 Å². The van der Waals surface area contributed by atoms with Gasteiger partial charge in [-0.25, -0.2) is 9.97 Å². The number of aromatic nitrogens is 2. The minimum absolute atomic E-state index is 0.301. The van der Waals surface area contributed by atoms with Gasteiger partial charge in [0.25, 0.3) is 0 Å². The van der Waals surface area contributed by atoms with Crippen molar-refractivity contribution in [2.45, 2.75) is 13.3 Å². The van der Waals surface area contributed by atoms with Crippen LogP contribution in [0.2, 0.25) is 0 Å². The van der Waals surface area contributed by atoms with Crippen LogP contribution in [-0.4, -0.2) is 9.97 Å². The van der Waals surface area contributed by atoms with Crippen molar-refractivity contribution in [2.75, 3.05) is 0 Å². The molecule has 4 nitrogen and oxygen atoms in total. The fourth-order valence-electron chi connectivity index (χ4n) is 1.48. The fraction of sp³-hybridized carbons (Fsp3) is 0.273. The van der Waals surface area contributed by atoms with Crippen molar-refractivity contribution in [1.29, 1.82) is 0 Å². The SMILES string of the molecule is CC1CC(N)=CC=C1Oc1cncnc1. The van der Waals surface area contributed by atoms with Crippen molar-refractivity contribution in [3.63, 3.8) is 0 Å². The van der Waals surface area contributed by atoms with E-state index >= 15 is 0 Å². The summed E-state index contributed by atoms with van der Waals surface area (Å²) in [5.41, 5.74) is 6.61. The largest absolute Gasteiger partial charge is 0.458 e. The number of nitrogens with zero attached hydrogens (tertiary/aromatic N) is 2. The van der Waals surface area contributed by atoms with E-state index in [0.717, 1.165) is 17.9 Å². The normalized spacial score (nSPS) is 20.5. The Morgan fingerprint density at radius 1 is 1.33 bits per heavy atom. The molecule has 78 valence electrons. The van der Waals surface area contributed by atoms with Crippen molar-refractivity contribution in [2.24, 2.45) is 11.7 Å². The van der Waals surface area contributed by atoms with Crippen LogP contribution in [0.15, 0.2) is 42.3 Å². The van der Waals surface area contributed by atoms with Gasteiger partial charge in [0.2, 0.25) is 0 Å². The lowest BCUT2D eigenvalue weighted by atomic mass is 9.98. The van der Waals surface area contributed by atoms with Crippen LogP contribution in [0.3, 0.4) is 0 Å². The predicted octanol–water partition coefficient (Wildman–Crippen LogP) is 1.62. The first-order chi connectivity index (χ1) is 7.25. The molecule has 0 amide bonds. The molecule has 2 rings (SSSR count). The van der Waals surface area contributed by atoms with Crippen molar-refractivity contribution in [3.8, 4) is 5.75 Å². The average molecular weight is 203 g/mol. The van der Waals surface area contributed by atoms with Crippen molar-refractivity contribution < 1.29 is 4.74 Å². The van der Waals surface area contributed by atoms with Gasteiger partial charge >= 0.3 is 0 Å². The molecule has 1 aromatic rings. The van der Waals surface area contributed by atoms with Gasteiger partial charge < -0.3 is 10.5 Å². The van der Waals surface area contributed by atoms with Crippen LogP contribution >= 0.6 is 0 Å². The molecule has 1 heterocycles. The quantitative estimate of drug-likeness (QED) is 0.793. The molecule has 0 aromatic carbocycles. The number of hydrogen-bond acceptors (Lipinski definition) is 4. The third-order valence-corrected chi connectivity index (χ3v) is 2.26. The Hall–Kier alpha value is -1.84. The Bertz CT molecular complexity index is 398. The maximum absolute atomic E-state index is 5.72. The lowest BCUT2D eigenvalue weighted by molar-refractivity contribution is 0.349. The third-order valence-electron chi connectivity index (χ3n) is 2.26. The van der Waals surface area contributed by atoms with Gasteiger partial charge in [-0.1, -0.05) is 6.92 Å². The molecule has 1 unspecified atom stereocenters. The zero-order chi connectivity index (χ0) is 10.7. The Balaban J connectivity index is 2.13. The molecule has 0 saturated heterocycles. The van der Waals surface area contributed by atoms with Gasteiger partial charge in [-0.3, -0.25) is 0 Å². The summed E-state index contributed by atoms with van der Waals surface area (Å²) in [6, 6.07) is 0. The molecule has 1 atom stereocenters. The van der Waals surface area contributed by atoms with Gasteiger partial charge in [0, 0.05) is 11.6 Å². The van der Waals surface area contributed by atoms with Gasteiger partial charge in [0.15, 0.2) is 5.75 Å². The summed E-state index contributed by atoms with van der Waals surface area (Å²) in [7, 11) is 0. The van der Waals surface area contributed by atoms with Crippen LogP contribution in [0.25, 0.3) is 0 Å². The maximum Gasteiger partial charge on any atom is 0.163 e. The first-order valence-electron chi connectivity index (χ1n) is 4.85. The number of nitrogens with two attached hydrogens (primary N) is 1. The van der Waals surface area contributed by atoms with E-state index in [4.69, 9.17) is 10.5 Å². The highest BCUT2D eigenvalue weighted by Gasteiger charge is 2.15. The van der Waals surface area contributed by atoms with E-state index in [1.165, 1.54) is 6.33 Å². The monoisotopic (exact) mass is 203 g/mol. The second-order valence-corrected chi connectivity index (χ2v) is 3.59. The molecular weight excluding hydrogens is 190 g/mol. The molecule has 15 heavy (non-hydrogen) atoms. The molecule has 0 fully saturated rings. The third kappa shape index (κ3) is 2.34. The predicted molar refractivity (Wildman–Crippen MR) is 56.8 cm³/mol. The summed E-state index contributed by atoms with van der Waals surface area (Å²) in [5, 5.41) is 0. The number of ether oxygens (including phenoxy) is 1. The van der Waals surface area contributed by atoms with Gasteiger partial charge in [-0.05, 0) is 18.6 Å². The van der Waals surface area contributed by atoms with E-state index in [9.17, 15) is 0 Å². The molecule has 0 saturated carbocycles. The van der Waals surface area contributed by atoms with Crippen molar-refractivity contribution in [3.05, 3.63) is 42.3 Å². The fourth-order valence-corrected chi connectivity index (χ4v) is 1.48. The molecule has 0 spiro atoms. The Morgan fingerprint density at radius 3 is 2.73 bits per heavy atom. The number of allylic oxidation sites excluding steroid dienone is 4. The highest BCUT2D eigenvalue weighted by Crippen LogP contribution is 2.24. The molecule has 0 radical (unpaired) electrons. The van der Waals surface area contributed by atoms with E-state index in [1.54, 1.807) is 12.4 Å². The van der Waals surface area contributed by atoms with Gasteiger partial charge in [0.1, 0.15) is 12.1 Å². The Kier molecular flexibility index (Phi) is 2.67. The minimum Gasteiger partial charge on any atom is -0.458 e. The van der Waals surface area contributed by atoms with Gasteiger partial charge in [-0.2, -0.15) is 0 Å². The molecule has 1 aromatic heterocycles. The summed E-state index contributed by atoms with van der Waals surface area (Å²) in [6.45, 7) is 2.08. The smallest absolute Gasteiger partial charge is 0.163 e. The van der Waals surface area contributed by atoms with Crippen LogP contribution < -0.4 is 10.5 Å². The molecular formula is C11H13N3O. The van der Waals surface area contributed by atoms with E-state index in [0.29, 0.717) is 11.7 Å². The lowest BCUT2D eigenvalue weighted by Crippen LogP contribution is -2.14. The second-order valence-electron chi connectivity index (χ2n) is 3.59. The van der Waals surface area contributed by atoms with Crippen LogP contribution in [0.4, 0.5) is 0 Å². The highest BCUT2D eigenvalue weighted by atomic mass is 16.5. The second kappa shape index (κ2) is 4.13. The van der Waals surface area contributed by atoms with Crippen LogP contribution in [0, 0.1) is 5.92 Å². The van der Waals surface area contributed by atoms with Crippen LogP contribution in [0.1, 0.15) is 13.3 Å². The number of hydrogen-bond donors (Lipinski definition) is 1. The average Bonchev–Trinajstić information content (AvgIpc) is 2.24. The van der Waals surface area contributed by atoms with E-state index in [2.05, 4.69) is 16.9 Å².